The van der Waals surface area contributed by atoms with Crippen molar-refractivity contribution < 1.29 is 47.5 Å². The quantitative estimate of drug-likeness (QED) is 0.115. The molecule has 0 aliphatic carbocycles. The number of benzene rings is 1. The van der Waals surface area contributed by atoms with Crippen molar-refractivity contribution in [2.45, 2.75) is 36.3 Å². The smallest absolute Gasteiger partial charge is 0.284 e. The number of nitrogens with zero attached hydrogens (tertiary/aromatic N) is 1. The lowest BCUT2D eigenvalue weighted by molar-refractivity contribution is -0.205. The zero-order valence-corrected chi connectivity index (χ0v) is 15.3. The minimum absolute atomic E-state index is 0.00258. The van der Waals surface area contributed by atoms with E-state index in [9.17, 15) is 38.5 Å². The van der Waals surface area contributed by atoms with E-state index in [2.05, 4.69) is 9.44 Å². The predicted molar refractivity (Wildman–Crippen MR) is 91.4 cm³/mol. The van der Waals surface area contributed by atoms with Crippen molar-refractivity contribution >= 4 is 27.2 Å². The average molecular weight is 424 g/mol. The maximum Gasteiger partial charge on any atom is 0.284 e. The Morgan fingerprint density at radius 1 is 1.19 bits per heavy atom. The first-order chi connectivity index (χ1) is 12.6. The van der Waals surface area contributed by atoms with Gasteiger partial charge in [0.2, 0.25) is 0 Å². The molecular weight excluding hydrogens is 406 g/mol. The summed E-state index contributed by atoms with van der Waals surface area (Å²) in [6.07, 6.45) is -6.01. The summed E-state index contributed by atoms with van der Waals surface area (Å²) in [6, 6.07) is 5.75. The highest BCUT2D eigenvalue weighted by Crippen LogP contribution is 2.30. The summed E-state index contributed by atoms with van der Waals surface area (Å²) in [6.45, 7) is -0.641. The molecule has 1 aromatic rings. The van der Waals surface area contributed by atoms with Crippen LogP contribution in [-0.2, 0) is 25.8 Å². The van der Waals surface area contributed by atoms with Crippen LogP contribution in [0, 0.1) is 0 Å². The Labute approximate surface area is 158 Å². The fourth-order valence-electron chi connectivity index (χ4n) is 2.27. The maximum atomic E-state index is 10.7. The lowest BCUT2D eigenvalue weighted by Crippen LogP contribution is -2.57. The number of phenolic OH excluding ortho intramolecular Hbond substituents is 1. The summed E-state index contributed by atoms with van der Waals surface area (Å²) in [4.78, 5) is 0. The molecule has 1 fully saturated rings. The van der Waals surface area contributed by atoms with Gasteiger partial charge in [-0.05, 0) is 17.7 Å². The van der Waals surface area contributed by atoms with E-state index >= 15 is 0 Å². The van der Waals surface area contributed by atoms with Crippen LogP contribution in [0.5, 0.6) is 5.75 Å². The number of aliphatic hydroxyl groups excluding tert-OH is 4. The summed E-state index contributed by atoms with van der Waals surface area (Å²) in [5.41, 5.74) is -0.690. The maximum absolute atomic E-state index is 10.7. The van der Waals surface area contributed by atoms with Gasteiger partial charge in [-0.1, -0.05) is 29.1 Å². The molecule has 0 aromatic heterocycles. The SMILES string of the molecule is O=S(=O)([O-])ON=C(Cc1ccc(O)cc1)S[C@@H]1O[C@H](CO)[C@@H](O)[C@H](O)[C@H]1O. The Balaban J connectivity index is 2.20. The van der Waals surface area contributed by atoms with Gasteiger partial charge >= 0.3 is 0 Å². The number of hydrogen-bond donors (Lipinski definition) is 5. The van der Waals surface area contributed by atoms with Gasteiger partial charge in [0.25, 0.3) is 10.4 Å². The molecule has 0 radical (unpaired) electrons. The highest BCUT2D eigenvalue weighted by molar-refractivity contribution is 8.14. The summed E-state index contributed by atoms with van der Waals surface area (Å²) >= 11 is 0.643. The minimum Gasteiger partial charge on any atom is -0.714 e. The number of thioether (sulfide) groups is 1. The van der Waals surface area contributed by atoms with Crippen molar-refractivity contribution in [1.82, 2.24) is 0 Å². The molecule has 1 aromatic carbocycles. The van der Waals surface area contributed by atoms with Gasteiger partial charge in [-0.2, -0.15) is 8.42 Å². The fraction of sp³-hybridized carbons (Fsp3) is 0.500. The third-order valence-corrected chi connectivity index (χ3v) is 4.99. The average Bonchev–Trinajstić information content (AvgIpc) is 2.61. The van der Waals surface area contributed by atoms with Crippen molar-refractivity contribution in [2.75, 3.05) is 6.61 Å². The summed E-state index contributed by atoms with van der Waals surface area (Å²) in [5.74, 6) is -0.00258. The first-order valence-corrected chi connectivity index (χ1v) is 9.78. The van der Waals surface area contributed by atoms with Crippen LogP contribution < -0.4 is 0 Å². The van der Waals surface area contributed by atoms with E-state index in [0.29, 0.717) is 17.3 Å². The lowest BCUT2D eigenvalue weighted by atomic mass is 10.0. The zero-order chi connectivity index (χ0) is 20.2. The van der Waals surface area contributed by atoms with E-state index < -0.39 is 46.9 Å². The van der Waals surface area contributed by atoms with Crippen LogP contribution in [-0.4, -0.2) is 80.0 Å². The normalized spacial score (nSPS) is 29.5. The molecule has 0 saturated carbocycles. The Morgan fingerprint density at radius 3 is 2.37 bits per heavy atom. The molecule has 2 rings (SSSR count). The highest BCUT2D eigenvalue weighted by Gasteiger charge is 2.44. The number of oxime groups is 1. The van der Waals surface area contributed by atoms with Gasteiger partial charge < -0.3 is 34.8 Å². The molecule has 11 nitrogen and oxygen atoms in total. The zero-order valence-electron chi connectivity index (χ0n) is 13.7. The van der Waals surface area contributed by atoms with Crippen LogP contribution in [0.2, 0.25) is 0 Å². The van der Waals surface area contributed by atoms with Gasteiger partial charge in [0.15, 0.2) is 0 Å². The van der Waals surface area contributed by atoms with Crippen molar-refractivity contribution in [1.29, 1.82) is 0 Å². The molecular formula is C14H18NO10S2-. The number of aliphatic hydroxyl groups is 4. The van der Waals surface area contributed by atoms with Crippen LogP contribution >= 0.6 is 11.8 Å². The number of rotatable bonds is 6. The van der Waals surface area contributed by atoms with E-state index in [0.717, 1.165) is 0 Å². The highest BCUT2D eigenvalue weighted by atomic mass is 32.3. The van der Waals surface area contributed by atoms with Gasteiger partial charge in [-0.3, -0.25) is 4.28 Å². The second-order valence-corrected chi connectivity index (χ2v) is 7.76. The summed E-state index contributed by atoms with van der Waals surface area (Å²) < 4.78 is 41.2. The molecule has 1 heterocycles. The molecule has 27 heavy (non-hydrogen) atoms. The predicted octanol–water partition coefficient (Wildman–Crippen LogP) is -1.74. The number of aromatic hydroxyl groups is 1. The number of hydrogen-bond acceptors (Lipinski definition) is 12. The largest absolute Gasteiger partial charge is 0.714 e. The molecule has 0 unspecified atom stereocenters. The van der Waals surface area contributed by atoms with Crippen molar-refractivity contribution in [2.24, 2.45) is 5.16 Å². The second kappa shape index (κ2) is 9.16. The van der Waals surface area contributed by atoms with Gasteiger partial charge in [0.1, 0.15) is 40.6 Å². The molecule has 13 heteroatoms. The first-order valence-electron chi connectivity index (χ1n) is 7.57. The molecule has 0 bridgehead atoms. The van der Waals surface area contributed by atoms with Crippen LogP contribution in [0.15, 0.2) is 29.4 Å². The lowest BCUT2D eigenvalue weighted by Gasteiger charge is -2.39. The van der Waals surface area contributed by atoms with E-state index in [-0.39, 0.29) is 17.2 Å². The van der Waals surface area contributed by atoms with E-state index in [1.54, 1.807) is 0 Å². The molecule has 152 valence electrons. The van der Waals surface area contributed by atoms with Gasteiger partial charge in [0.05, 0.1) is 6.61 Å². The monoisotopic (exact) mass is 424 g/mol. The van der Waals surface area contributed by atoms with Crippen LogP contribution in [0.1, 0.15) is 5.56 Å². The Kier molecular flexibility index (Phi) is 7.41. The Hall–Kier alpha value is -1.45. The molecule has 5 atom stereocenters. The topological polar surface area (TPSA) is 189 Å². The van der Waals surface area contributed by atoms with E-state index in [1.807, 2.05) is 0 Å². The summed E-state index contributed by atoms with van der Waals surface area (Å²) in [7, 11) is -5.13. The molecule has 5 N–H and O–H groups in total. The molecule has 0 spiro atoms. The molecule has 1 saturated heterocycles. The molecule has 0 amide bonds. The van der Waals surface area contributed by atoms with Crippen molar-refractivity contribution in [3.8, 4) is 5.75 Å². The third kappa shape index (κ3) is 6.29. The van der Waals surface area contributed by atoms with Gasteiger partial charge in [-0.25, -0.2) is 0 Å². The molecule has 1 aliphatic rings. The minimum atomic E-state index is -5.13. The van der Waals surface area contributed by atoms with E-state index in [1.165, 1.54) is 24.3 Å². The van der Waals surface area contributed by atoms with Crippen LogP contribution in [0.25, 0.3) is 0 Å². The second-order valence-electron chi connectivity index (χ2n) is 5.63. The fourth-order valence-corrected chi connectivity index (χ4v) is 3.60. The molecule has 1 aliphatic heterocycles. The number of ether oxygens (including phenoxy) is 1. The van der Waals surface area contributed by atoms with Crippen molar-refractivity contribution in [3.63, 3.8) is 0 Å². The van der Waals surface area contributed by atoms with Crippen LogP contribution in [0.4, 0.5) is 0 Å². The van der Waals surface area contributed by atoms with Crippen LogP contribution in [0.3, 0.4) is 0 Å². The Morgan fingerprint density at radius 2 is 1.81 bits per heavy atom. The standard InChI is InChI=1S/C14H19NO10S2/c16-6-9-11(18)12(19)13(20)14(24-9)26-10(15-25-27(21,22)23)5-7-1-3-8(17)4-2-7/h1-4,9,11-14,16-20H,5-6H2,(H,21,22,23)/p-1/t9-,11-,12+,13-,14+/m1/s1. The van der Waals surface area contributed by atoms with Gasteiger partial charge in [0, 0.05) is 6.42 Å². The van der Waals surface area contributed by atoms with Crippen molar-refractivity contribution in [3.05, 3.63) is 29.8 Å². The van der Waals surface area contributed by atoms with Gasteiger partial charge in [-0.15, -0.1) is 0 Å². The number of phenols is 1. The van der Waals surface area contributed by atoms with E-state index in [4.69, 9.17) is 4.74 Å². The first kappa shape index (κ1) is 21.8. The third-order valence-electron chi connectivity index (χ3n) is 3.62. The summed E-state index contributed by atoms with van der Waals surface area (Å²) in [5, 5.41) is 51.3. The Bertz CT molecular complexity index is 752.